The van der Waals surface area contributed by atoms with Crippen LogP contribution in [0.4, 0.5) is 0 Å². The van der Waals surface area contributed by atoms with Crippen LogP contribution in [-0.2, 0) is 4.79 Å². The molecule has 0 unspecified atom stereocenters. The van der Waals surface area contributed by atoms with Gasteiger partial charge in [-0.3, -0.25) is 19.7 Å². The highest BCUT2D eigenvalue weighted by Gasteiger charge is 2.26. The van der Waals surface area contributed by atoms with Gasteiger partial charge < -0.3 is 9.64 Å². The van der Waals surface area contributed by atoms with E-state index in [-0.39, 0.29) is 5.91 Å². The number of aromatic nitrogens is 3. The van der Waals surface area contributed by atoms with Crippen LogP contribution in [0.5, 0.6) is 11.6 Å². The van der Waals surface area contributed by atoms with Gasteiger partial charge >= 0.3 is 0 Å². The summed E-state index contributed by atoms with van der Waals surface area (Å²) in [4.78, 5) is 29.6. The Morgan fingerprint density at radius 3 is 2.63 bits per heavy atom. The average molecular weight is 367 g/mol. The van der Waals surface area contributed by atoms with E-state index < -0.39 is 0 Å². The quantitative estimate of drug-likeness (QED) is 0.808. The number of amides is 1. The third-order valence-corrected chi connectivity index (χ3v) is 5.31. The van der Waals surface area contributed by atoms with E-state index in [0.29, 0.717) is 24.1 Å². The number of hydrogen-bond donors (Lipinski definition) is 0. The third kappa shape index (κ3) is 4.60. The Morgan fingerprint density at radius 1 is 1.07 bits per heavy atom. The van der Waals surface area contributed by atoms with E-state index in [1.807, 2.05) is 23.2 Å². The summed E-state index contributed by atoms with van der Waals surface area (Å²) in [5.41, 5.74) is 0.960. The molecule has 2 aromatic heterocycles. The minimum absolute atomic E-state index is 0.276. The number of likely N-dealkylation sites (tertiary alicyclic amines) is 2. The summed E-state index contributed by atoms with van der Waals surface area (Å²) < 4.78 is 5.74. The lowest BCUT2D eigenvalue weighted by Gasteiger charge is -2.32. The lowest BCUT2D eigenvalue weighted by Crippen LogP contribution is -2.42. The van der Waals surface area contributed by atoms with E-state index in [4.69, 9.17) is 4.74 Å². The first-order chi connectivity index (χ1) is 13.3. The molecule has 0 aromatic carbocycles. The molecule has 2 aliphatic rings. The van der Waals surface area contributed by atoms with Gasteiger partial charge in [-0.05, 0) is 50.9 Å². The summed E-state index contributed by atoms with van der Waals surface area (Å²) in [6.45, 7) is 4.23. The van der Waals surface area contributed by atoms with Gasteiger partial charge in [0.25, 0.3) is 0 Å². The maximum atomic E-state index is 12.3. The second-order valence-electron chi connectivity index (χ2n) is 7.21. The standard InChI is InChI=1S/C20H25N5O2/c26-20(25-8-1-2-9-25)15-24-10-5-16(6-11-24)18-13-22-14-19(23-18)27-17-4-3-7-21-12-17/h3-4,7,12-14,16H,1-2,5-6,8-11,15H2. The van der Waals surface area contributed by atoms with Gasteiger partial charge in [0.15, 0.2) is 0 Å². The van der Waals surface area contributed by atoms with E-state index in [2.05, 4.69) is 19.9 Å². The molecule has 27 heavy (non-hydrogen) atoms. The number of hydrogen-bond acceptors (Lipinski definition) is 6. The van der Waals surface area contributed by atoms with Crippen LogP contribution in [-0.4, -0.2) is 63.4 Å². The molecule has 0 aliphatic carbocycles. The normalized spacial score (nSPS) is 18.6. The zero-order valence-electron chi connectivity index (χ0n) is 15.5. The monoisotopic (exact) mass is 367 g/mol. The van der Waals surface area contributed by atoms with Crippen molar-refractivity contribution in [3.05, 3.63) is 42.6 Å². The number of ether oxygens (including phenoxy) is 1. The highest BCUT2D eigenvalue weighted by molar-refractivity contribution is 5.78. The van der Waals surface area contributed by atoms with Crippen LogP contribution in [0.1, 0.15) is 37.3 Å². The Morgan fingerprint density at radius 2 is 1.89 bits per heavy atom. The van der Waals surface area contributed by atoms with Crippen LogP contribution in [0, 0.1) is 0 Å². The first kappa shape index (κ1) is 17.9. The van der Waals surface area contributed by atoms with Crippen molar-refractivity contribution in [3.63, 3.8) is 0 Å². The van der Waals surface area contributed by atoms with Crippen molar-refractivity contribution in [2.45, 2.75) is 31.6 Å². The number of pyridine rings is 1. The van der Waals surface area contributed by atoms with Gasteiger partial charge in [0.2, 0.25) is 11.8 Å². The summed E-state index contributed by atoms with van der Waals surface area (Å²) in [7, 11) is 0. The van der Waals surface area contributed by atoms with E-state index in [1.165, 1.54) is 0 Å². The number of rotatable bonds is 5. The molecule has 4 heterocycles. The van der Waals surface area contributed by atoms with Crippen molar-refractivity contribution >= 4 is 5.91 Å². The fourth-order valence-corrected chi connectivity index (χ4v) is 3.78. The van der Waals surface area contributed by atoms with Crippen LogP contribution in [0.25, 0.3) is 0 Å². The highest BCUT2D eigenvalue weighted by Crippen LogP contribution is 2.28. The van der Waals surface area contributed by atoms with Gasteiger partial charge in [-0.15, -0.1) is 0 Å². The summed E-state index contributed by atoms with van der Waals surface area (Å²) in [5.74, 6) is 1.78. The van der Waals surface area contributed by atoms with E-state index in [9.17, 15) is 4.79 Å². The SMILES string of the molecule is O=C(CN1CCC(c2cncc(Oc3cccnc3)n2)CC1)N1CCCC1. The molecule has 4 rings (SSSR count). The number of carbonyl (C=O) groups is 1. The molecular weight excluding hydrogens is 342 g/mol. The second-order valence-corrected chi connectivity index (χ2v) is 7.21. The van der Waals surface area contributed by atoms with Gasteiger partial charge in [-0.25, -0.2) is 4.98 Å². The van der Waals surface area contributed by atoms with Crippen molar-refractivity contribution in [1.82, 2.24) is 24.8 Å². The second kappa shape index (κ2) is 8.43. The van der Waals surface area contributed by atoms with Crippen LogP contribution < -0.4 is 4.74 Å². The molecule has 0 atom stereocenters. The summed E-state index contributed by atoms with van der Waals surface area (Å²) in [6, 6.07) is 3.67. The van der Waals surface area contributed by atoms with Gasteiger partial charge in [-0.2, -0.15) is 0 Å². The minimum atomic E-state index is 0.276. The number of carbonyl (C=O) groups excluding carboxylic acids is 1. The molecule has 2 aliphatic heterocycles. The first-order valence-electron chi connectivity index (χ1n) is 9.68. The molecule has 0 radical (unpaired) electrons. The van der Waals surface area contributed by atoms with Gasteiger partial charge in [-0.1, -0.05) is 0 Å². The Hall–Kier alpha value is -2.54. The molecule has 7 nitrogen and oxygen atoms in total. The fraction of sp³-hybridized carbons (Fsp3) is 0.500. The van der Waals surface area contributed by atoms with E-state index in [0.717, 1.165) is 57.6 Å². The van der Waals surface area contributed by atoms with Crippen molar-refractivity contribution in [2.24, 2.45) is 0 Å². The molecule has 2 fully saturated rings. The van der Waals surface area contributed by atoms with Gasteiger partial charge in [0.1, 0.15) is 5.75 Å². The molecule has 0 bridgehead atoms. The predicted octanol–water partition coefficient (Wildman–Crippen LogP) is 2.47. The van der Waals surface area contributed by atoms with Crippen molar-refractivity contribution in [2.75, 3.05) is 32.7 Å². The van der Waals surface area contributed by atoms with Crippen LogP contribution in [0.2, 0.25) is 0 Å². The molecule has 2 saturated heterocycles. The molecular formula is C20H25N5O2. The van der Waals surface area contributed by atoms with Crippen LogP contribution in [0.3, 0.4) is 0 Å². The summed E-state index contributed by atoms with van der Waals surface area (Å²) in [5, 5.41) is 0. The van der Waals surface area contributed by atoms with Gasteiger partial charge in [0.05, 0.1) is 24.6 Å². The fourth-order valence-electron chi connectivity index (χ4n) is 3.78. The zero-order chi connectivity index (χ0) is 18.5. The van der Waals surface area contributed by atoms with Crippen molar-refractivity contribution in [1.29, 1.82) is 0 Å². The summed E-state index contributed by atoms with van der Waals surface area (Å²) in [6.07, 6.45) is 11.1. The number of nitrogens with zero attached hydrogens (tertiary/aromatic N) is 5. The molecule has 1 amide bonds. The largest absolute Gasteiger partial charge is 0.436 e. The van der Waals surface area contributed by atoms with Crippen LogP contribution >= 0.6 is 0 Å². The van der Waals surface area contributed by atoms with E-state index in [1.54, 1.807) is 18.6 Å². The van der Waals surface area contributed by atoms with Gasteiger partial charge in [0, 0.05) is 31.4 Å². The smallest absolute Gasteiger partial charge is 0.238 e. The topological polar surface area (TPSA) is 71.5 Å². The highest BCUT2D eigenvalue weighted by atomic mass is 16.5. The minimum Gasteiger partial charge on any atom is -0.436 e. The Kier molecular flexibility index (Phi) is 5.58. The molecule has 142 valence electrons. The number of piperidine rings is 1. The Labute approximate surface area is 159 Å². The molecule has 0 N–H and O–H groups in total. The summed E-state index contributed by atoms with van der Waals surface area (Å²) >= 11 is 0. The predicted molar refractivity (Wildman–Crippen MR) is 101 cm³/mol. The maximum Gasteiger partial charge on any atom is 0.238 e. The van der Waals surface area contributed by atoms with Crippen LogP contribution in [0.15, 0.2) is 36.9 Å². The zero-order valence-corrected chi connectivity index (χ0v) is 15.5. The Bertz CT molecular complexity index is 756. The lowest BCUT2D eigenvalue weighted by atomic mass is 9.94. The van der Waals surface area contributed by atoms with E-state index >= 15 is 0 Å². The Balaban J connectivity index is 1.31. The lowest BCUT2D eigenvalue weighted by molar-refractivity contribution is -0.131. The molecule has 0 saturated carbocycles. The molecule has 7 heteroatoms. The maximum absolute atomic E-state index is 12.3. The molecule has 0 spiro atoms. The first-order valence-corrected chi connectivity index (χ1v) is 9.68. The molecule has 2 aromatic rings. The van der Waals surface area contributed by atoms with Crippen molar-refractivity contribution in [3.8, 4) is 11.6 Å². The third-order valence-electron chi connectivity index (χ3n) is 5.31. The van der Waals surface area contributed by atoms with Crippen molar-refractivity contribution < 1.29 is 9.53 Å². The average Bonchev–Trinajstić information content (AvgIpc) is 3.25.